The van der Waals surface area contributed by atoms with Crippen LogP contribution in [-0.4, -0.2) is 22.4 Å². The zero-order chi connectivity index (χ0) is 44.2. The predicted molar refractivity (Wildman–Crippen MR) is 219 cm³/mol. The molecule has 0 atom stereocenters. The Morgan fingerprint density at radius 1 is 0.333 bits per heavy atom. The van der Waals surface area contributed by atoms with Crippen molar-refractivity contribution in [1.82, 2.24) is 9.13 Å². The van der Waals surface area contributed by atoms with Gasteiger partial charge in [-0.25, -0.2) is 0 Å². The fourth-order valence-corrected chi connectivity index (χ4v) is 17.8. The molecule has 2 heterocycles. The molecule has 0 N–H and O–H groups in total. The van der Waals surface area contributed by atoms with E-state index in [1.807, 2.05) is 34.9 Å². The second kappa shape index (κ2) is 12.0. The molecule has 51 heavy (non-hydrogen) atoms. The van der Waals surface area contributed by atoms with Crippen LogP contribution in [0.2, 0.25) is 0 Å². The first-order valence-corrected chi connectivity index (χ1v) is 20.8. The third kappa shape index (κ3) is 4.57. The van der Waals surface area contributed by atoms with E-state index < -0.39 is 73.7 Å². The van der Waals surface area contributed by atoms with E-state index in [-0.39, 0.29) is 50.5 Å². The monoisotopic (exact) mass is 724 g/mol. The van der Waals surface area contributed by atoms with Crippen LogP contribution in [0.1, 0.15) is 16.4 Å². The molecule has 240 valence electrons. The van der Waals surface area contributed by atoms with Crippen LogP contribution in [0.3, 0.4) is 0 Å². The quantitative estimate of drug-likeness (QED) is 0.152. The molecule has 2 aromatic heterocycles. The Morgan fingerprint density at radius 3 is 1.25 bits per heavy atom. The summed E-state index contributed by atoms with van der Waals surface area (Å²) in [4.78, 5) is 0. The fraction of sp³-hybridized carbons (Fsp3) is 0. The van der Waals surface area contributed by atoms with Gasteiger partial charge in [-0.05, 0) is 0 Å². The van der Waals surface area contributed by atoms with Gasteiger partial charge in [-0.1, -0.05) is 12.1 Å². The number of benzene rings is 8. The van der Waals surface area contributed by atoms with E-state index in [1.54, 1.807) is 18.2 Å². The third-order valence-corrected chi connectivity index (χ3v) is 19.8. The van der Waals surface area contributed by atoms with Gasteiger partial charge in [0.25, 0.3) is 0 Å². The minimum atomic E-state index is -3.83. The van der Waals surface area contributed by atoms with Gasteiger partial charge >= 0.3 is 297 Å². The summed E-state index contributed by atoms with van der Waals surface area (Å²) in [5.41, 5.74) is 1.58. The topological polar surface area (TPSA) is 9.86 Å². The van der Waals surface area contributed by atoms with Crippen LogP contribution in [0.25, 0.3) is 55.0 Å². The molecular formula is C48H34GeN2. The molecule has 0 saturated heterocycles. The first kappa shape index (κ1) is 19.9. The van der Waals surface area contributed by atoms with Gasteiger partial charge < -0.3 is 0 Å². The summed E-state index contributed by atoms with van der Waals surface area (Å²) in [7, 11) is 0. The summed E-state index contributed by atoms with van der Waals surface area (Å²) >= 11 is -3.83. The van der Waals surface area contributed by atoms with Crippen LogP contribution in [0.15, 0.2) is 206 Å². The molecule has 2 nitrogen and oxygen atoms in total. The third-order valence-electron chi connectivity index (χ3n) is 9.83. The van der Waals surface area contributed by atoms with Crippen molar-refractivity contribution < 1.29 is 16.4 Å². The number of hydrogen-bond donors (Lipinski definition) is 0. The molecule has 0 fully saturated rings. The van der Waals surface area contributed by atoms with E-state index >= 15 is 0 Å². The van der Waals surface area contributed by atoms with Crippen LogP contribution in [0.5, 0.6) is 0 Å². The zero-order valence-corrected chi connectivity index (χ0v) is 29.2. The molecule has 10 aromatic rings. The van der Waals surface area contributed by atoms with E-state index in [1.165, 1.54) is 17.8 Å². The molecule has 0 amide bonds. The molecule has 10 rings (SSSR count). The molecule has 0 unspecified atom stereocenters. The Labute approximate surface area is 316 Å². The maximum absolute atomic E-state index is 9.35. The van der Waals surface area contributed by atoms with E-state index in [2.05, 4.69) is 84.9 Å². The molecule has 3 heteroatoms. The van der Waals surface area contributed by atoms with Crippen molar-refractivity contribution in [1.29, 1.82) is 0 Å². The number of nitrogens with zero attached hydrogens (tertiary/aromatic N) is 2. The number of aromatic nitrogens is 2. The average molecular weight is 723 g/mol. The van der Waals surface area contributed by atoms with Crippen LogP contribution < -0.4 is 17.6 Å². The first-order chi connectivity index (χ1) is 30.3. The van der Waals surface area contributed by atoms with Gasteiger partial charge in [0, 0.05) is 0 Å². The van der Waals surface area contributed by atoms with Crippen molar-refractivity contribution in [3.05, 3.63) is 206 Å². The van der Waals surface area contributed by atoms with E-state index in [4.69, 9.17) is 13.7 Å². The van der Waals surface area contributed by atoms with Crippen molar-refractivity contribution >= 4 is 74.5 Å². The Kier molecular flexibility index (Phi) is 4.71. The molecule has 0 radical (unpaired) electrons. The minimum absolute atomic E-state index is 0.0496. The SMILES string of the molecule is [2H]c1c([2H])c([2H])c2c(c1[2H])c1cc(-n3c4c([2H])c([2H])c([2H])c([2H])c4c4c([2H])c([2H])c([2H])c([2H])c43)ccc1n2-c1ccc[c]([Ge]([c]2ccccc2)([c]2ccccc2)[c]2ccccc2)c1. The van der Waals surface area contributed by atoms with Crippen molar-refractivity contribution in [2.75, 3.05) is 0 Å². The van der Waals surface area contributed by atoms with Crippen LogP contribution in [0, 0.1) is 0 Å². The summed E-state index contributed by atoms with van der Waals surface area (Å²) in [5.74, 6) is 0. The van der Waals surface area contributed by atoms with E-state index in [0.29, 0.717) is 16.6 Å². The first-order valence-electron chi connectivity index (χ1n) is 22.6. The predicted octanol–water partition coefficient (Wildman–Crippen LogP) is 9.26. The van der Waals surface area contributed by atoms with Gasteiger partial charge in [-0.15, -0.1) is 0 Å². The zero-order valence-electron chi connectivity index (χ0n) is 39.1. The van der Waals surface area contributed by atoms with E-state index in [9.17, 15) is 2.74 Å². The van der Waals surface area contributed by atoms with Gasteiger partial charge in [0.1, 0.15) is 0 Å². The van der Waals surface area contributed by atoms with Gasteiger partial charge in [0.15, 0.2) is 0 Å². The van der Waals surface area contributed by atoms with Crippen molar-refractivity contribution in [3.63, 3.8) is 0 Å². The normalized spacial score (nSPS) is 15.2. The summed E-state index contributed by atoms with van der Waals surface area (Å²) in [6, 6.07) is 39.4. The summed E-state index contributed by atoms with van der Waals surface area (Å²) in [5, 5.41) is 0.496. The molecule has 0 aliphatic heterocycles. The molecule has 0 spiro atoms. The summed E-state index contributed by atoms with van der Waals surface area (Å²) in [6.45, 7) is 0. The Balaban J connectivity index is 1.33. The van der Waals surface area contributed by atoms with Gasteiger partial charge in [0.05, 0.1) is 8.22 Å². The molecule has 8 aromatic carbocycles. The molecule has 0 aliphatic rings. The molecule has 0 bridgehead atoms. The van der Waals surface area contributed by atoms with Crippen molar-refractivity contribution in [3.8, 4) is 11.4 Å². The number of rotatable bonds is 6. The molecule has 0 saturated carbocycles. The van der Waals surface area contributed by atoms with E-state index in [0.717, 1.165) is 4.40 Å². The Morgan fingerprint density at radius 2 is 0.745 bits per heavy atom. The van der Waals surface area contributed by atoms with Gasteiger partial charge in [-0.3, -0.25) is 0 Å². The van der Waals surface area contributed by atoms with Crippen LogP contribution in [0.4, 0.5) is 0 Å². The second-order valence-electron chi connectivity index (χ2n) is 12.4. The summed E-state index contributed by atoms with van der Waals surface area (Å²) < 4.78 is 114. The average Bonchev–Trinajstić information content (AvgIpc) is 3.86. The van der Waals surface area contributed by atoms with Gasteiger partial charge in [0.2, 0.25) is 0 Å². The van der Waals surface area contributed by atoms with Crippen molar-refractivity contribution in [2.45, 2.75) is 0 Å². The fourth-order valence-electron chi connectivity index (χ4n) is 7.74. The van der Waals surface area contributed by atoms with Crippen LogP contribution >= 0.6 is 0 Å². The molecular weight excluding hydrogens is 677 g/mol. The molecule has 0 aliphatic carbocycles. The maximum atomic E-state index is 9.35. The Hall–Kier alpha value is -6.10. The Bertz CT molecular complexity index is 3360. The number of hydrogen-bond acceptors (Lipinski definition) is 0. The van der Waals surface area contributed by atoms with Crippen LogP contribution in [-0.2, 0) is 0 Å². The standard InChI is InChI=1S/C48H34GeN2/c1-4-17-35(18-5-1)49(36-19-6-2-7-20-36,37-21-8-3-9-22-37)38-23-16-24-39(33-38)50-47-30-15-12-27-43(47)44-34-40(31-32-48(44)50)51-45-28-13-10-25-41(45)42-26-11-14-29-46(42)51/h1-34H/i10D,11D,12D,13D,14D,15D,25D,26D,27D,28D,29D,30D. The number of fused-ring (bicyclic) bond motifs is 6. The van der Waals surface area contributed by atoms with Gasteiger partial charge in [-0.2, -0.15) is 0 Å². The second-order valence-corrected chi connectivity index (χ2v) is 20.4. The summed E-state index contributed by atoms with van der Waals surface area (Å²) in [6.07, 6.45) is 0. The van der Waals surface area contributed by atoms with Crippen molar-refractivity contribution in [2.24, 2.45) is 0 Å². The number of para-hydroxylation sites is 3.